The lowest BCUT2D eigenvalue weighted by Crippen LogP contribution is -2.42. The van der Waals surface area contributed by atoms with Gasteiger partial charge in [0, 0.05) is 6.61 Å². The fraction of sp³-hybridized carbons (Fsp3) is 0.923. The molecule has 1 aliphatic rings. The summed E-state index contributed by atoms with van der Waals surface area (Å²) in [6.45, 7) is 2.71. The predicted molar refractivity (Wildman–Crippen MR) is 127 cm³/mol. The zero-order valence-corrected chi connectivity index (χ0v) is 20.1. The maximum atomic E-state index is 9.85. The summed E-state index contributed by atoms with van der Waals surface area (Å²) >= 11 is 0. The van der Waals surface area contributed by atoms with Gasteiger partial charge in [-0.05, 0) is 32.1 Å². The van der Waals surface area contributed by atoms with E-state index < -0.39 is 24.4 Å². The lowest BCUT2D eigenvalue weighted by atomic mass is 10.1. The highest BCUT2D eigenvalue weighted by Crippen LogP contribution is 2.20. The maximum absolute atomic E-state index is 9.85. The molecule has 31 heavy (non-hydrogen) atoms. The Labute approximate surface area is 191 Å². The number of aliphatic hydroxyl groups excluding tert-OH is 3. The minimum Gasteiger partial charge on any atom is -0.394 e. The van der Waals surface area contributed by atoms with Crippen molar-refractivity contribution in [1.82, 2.24) is 0 Å². The van der Waals surface area contributed by atoms with Crippen LogP contribution < -0.4 is 0 Å². The quantitative estimate of drug-likeness (QED) is 0.166. The number of unbranched alkanes of at least 4 members (excludes halogenated alkanes) is 14. The predicted octanol–water partition coefficient (Wildman–Crippen LogP) is 5.30. The molecule has 1 aliphatic heterocycles. The van der Waals surface area contributed by atoms with E-state index in [0.717, 1.165) is 12.8 Å². The highest BCUT2D eigenvalue weighted by Gasteiger charge is 2.40. The number of allylic oxidation sites excluding steroid dienone is 2. The van der Waals surface area contributed by atoms with Crippen molar-refractivity contribution < 1.29 is 24.8 Å². The van der Waals surface area contributed by atoms with Gasteiger partial charge in [-0.1, -0.05) is 89.7 Å². The second-order valence-electron chi connectivity index (χ2n) is 9.09. The summed E-state index contributed by atoms with van der Waals surface area (Å²) in [7, 11) is 0. The molecule has 1 saturated heterocycles. The number of hydrogen-bond acceptors (Lipinski definition) is 5. The van der Waals surface area contributed by atoms with Gasteiger partial charge in [-0.25, -0.2) is 0 Å². The van der Waals surface area contributed by atoms with Crippen LogP contribution in [0.1, 0.15) is 110 Å². The van der Waals surface area contributed by atoms with Gasteiger partial charge < -0.3 is 24.8 Å². The molecule has 0 unspecified atom stereocenters. The Morgan fingerprint density at radius 2 is 1.32 bits per heavy atom. The molecular weight excluding hydrogens is 392 g/mol. The monoisotopic (exact) mass is 442 g/mol. The van der Waals surface area contributed by atoms with Crippen LogP contribution in [-0.4, -0.2) is 59.6 Å². The summed E-state index contributed by atoms with van der Waals surface area (Å²) in [6.07, 6.45) is 22.3. The lowest BCUT2D eigenvalue weighted by Gasteiger charge is -2.24. The second-order valence-corrected chi connectivity index (χ2v) is 9.09. The summed E-state index contributed by atoms with van der Waals surface area (Å²) in [4.78, 5) is 0. The van der Waals surface area contributed by atoms with E-state index in [1.54, 1.807) is 0 Å². The highest BCUT2D eigenvalue weighted by atomic mass is 16.6. The molecule has 184 valence electrons. The fourth-order valence-corrected chi connectivity index (χ4v) is 4.14. The standard InChI is InChI=1S/C26H50O5/c1-2-3-4-5-6-7-8-9-10-11-12-13-14-15-16-17-18-19-20-30-24(21-27)26-25(29)23(28)22-31-26/h12-13,23-29H,2-11,14-22H2,1H3/b13-12+/t23-,24+,25-,26-/m1/s1. The van der Waals surface area contributed by atoms with E-state index in [1.165, 1.54) is 89.9 Å². The normalized spacial score (nSPS) is 22.5. The number of rotatable bonds is 21. The number of hydrogen-bond donors (Lipinski definition) is 3. The van der Waals surface area contributed by atoms with Crippen molar-refractivity contribution in [3.8, 4) is 0 Å². The Hall–Kier alpha value is -0.460. The van der Waals surface area contributed by atoms with Gasteiger partial charge in [-0.3, -0.25) is 0 Å². The maximum Gasteiger partial charge on any atom is 0.114 e. The Bertz CT molecular complexity index is 415. The molecule has 5 nitrogen and oxygen atoms in total. The third kappa shape index (κ3) is 14.3. The average Bonchev–Trinajstić information content (AvgIpc) is 3.11. The highest BCUT2D eigenvalue weighted by molar-refractivity contribution is 4.88. The molecule has 3 N–H and O–H groups in total. The van der Waals surface area contributed by atoms with Crippen LogP contribution in [0, 0.1) is 0 Å². The van der Waals surface area contributed by atoms with E-state index in [9.17, 15) is 15.3 Å². The van der Waals surface area contributed by atoms with Gasteiger partial charge in [0.25, 0.3) is 0 Å². The van der Waals surface area contributed by atoms with Crippen LogP contribution in [0.3, 0.4) is 0 Å². The molecule has 0 spiro atoms. The molecule has 0 aromatic rings. The van der Waals surface area contributed by atoms with Crippen molar-refractivity contribution in [3.63, 3.8) is 0 Å². The van der Waals surface area contributed by atoms with Crippen LogP contribution in [0.2, 0.25) is 0 Å². The summed E-state index contributed by atoms with van der Waals surface area (Å²) in [6, 6.07) is 0. The van der Waals surface area contributed by atoms with Gasteiger partial charge in [-0.15, -0.1) is 0 Å². The van der Waals surface area contributed by atoms with E-state index >= 15 is 0 Å². The minimum atomic E-state index is -0.981. The first-order chi connectivity index (χ1) is 15.2. The van der Waals surface area contributed by atoms with Crippen LogP contribution in [0.15, 0.2) is 12.2 Å². The largest absolute Gasteiger partial charge is 0.394 e. The molecule has 4 atom stereocenters. The van der Waals surface area contributed by atoms with Crippen molar-refractivity contribution in [2.24, 2.45) is 0 Å². The molecule has 5 heteroatoms. The van der Waals surface area contributed by atoms with E-state index in [4.69, 9.17) is 9.47 Å². The van der Waals surface area contributed by atoms with Gasteiger partial charge in [-0.2, -0.15) is 0 Å². The van der Waals surface area contributed by atoms with Gasteiger partial charge in [0.1, 0.15) is 24.4 Å². The van der Waals surface area contributed by atoms with Crippen LogP contribution >= 0.6 is 0 Å². The van der Waals surface area contributed by atoms with Crippen molar-refractivity contribution >= 4 is 0 Å². The van der Waals surface area contributed by atoms with Crippen LogP contribution in [0.4, 0.5) is 0 Å². The van der Waals surface area contributed by atoms with E-state index in [2.05, 4.69) is 19.1 Å². The Balaban J connectivity index is 1.83. The van der Waals surface area contributed by atoms with Crippen molar-refractivity contribution in [1.29, 1.82) is 0 Å². The Kier molecular flexibility index (Phi) is 18.6. The van der Waals surface area contributed by atoms with Crippen molar-refractivity contribution in [3.05, 3.63) is 12.2 Å². The van der Waals surface area contributed by atoms with Crippen LogP contribution in [0.25, 0.3) is 0 Å². The molecule has 1 rings (SSSR count). The topological polar surface area (TPSA) is 79.2 Å². The lowest BCUT2D eigenvalue weighted by molar-refractivity contribution is -0.101. The smallest absolute Gasteiger partial charge is 0.114 e. The molecule has 0 radical (unpaired) electrons. The first-order valence-corrected chi connectivity index (χ1v) is 13.1. The molecule has 0 aromatic heterocycles. The summed E-state index contributed by atoms with van der Waals surface area (Å²) < 4.78 is 11.0. The SMILES string of the molecule is CCCCCCCCCCC/C=C/CCCCCCCO[C@@H](CO)[C@H]1OC[C@@H](O)[C@H]1O. The van der Waals surface area contributed by atoms with Gasteiger partial charge in [0.05, 0.1) is 13.2 Å². The first-order valence-electron chi connectivity index (χ1n) is 13.1. The van der Waals surface area contributed by atoms with Gasteiger partial charge in [0.2, 0.25) is 0 Å². The second kappa shape index (κ2) is 20.2. The third-order valence-corrected chi connectivity index (χ3v) is 6.22. The molecule has 1 fully saturated rings. The Morgan fingerprint density at radius 3 is 1.81 bits per heavy atom. The van der Waals surface area contributed by atoms with Crippen LogP contribution in [0.5, 0.6) is 0 Å². The van der Waals surface area contributed by atoms with E-state index in [1.807, 2.05) is 0 Å². The van der Waals surface area contributed by atoms with Crippen molar-refractivity contribution in [2.75, 3.05) is 19.8 Å². The summed E-state index contributed by atoms with van der Waals surface area (Å²) in [5.74, 6) is 0. The molecule has 1 heterocycles. The summed E-state index contributed by atoms with van der Waals surface area (Å²) in [5, 5.41) is 28.8. The average molecular weight is 443 g/mol. The minimum absolute atomic E-state index is 0.0966. The Morgan fingerprint density at radius 1 is 0.806 bits per heavy atom. The van der Waals surface area contributed by atoms with Gasteiger partial charge >= 0.3 is 0 Å². The molecular formula is C26H50O5. The van der Waals surface area contributed by atoms with Gasteiger partial charge in [0.15, 0.2) is 0 Å². The molecule has 0 saturated carbocycles. The molecule has 0 amide bonds. The number of ether oxygens (including phenoxy) is 2. The summed E-state index contributed by atoms with van der Waals surface area (Å²) in [5.41, 5.74) is 0. The third-order valence-electron chi connectivity index (χ3n) is 6.22. The van der Waals surface area contributed by atoms with E-state index in [-0.39, 0.29) is 13.2 Å². The zero-order valence-electron chi connectivity index (χ0n) is 20.1. The fourth-order valence-electron chi connectivity index (χ4n) is 4.14. The van der Waals surface area contributed by atoms with Crippen molar-refractivity contribution in [2.45, 2.75) is 134 Å². The molecule has 0 aliphatic carbocycles. The zero-order chi connectivity index (χ0) is 22.6. The van der Waals surface area contributed by atoms with E-state index in [0.29, 0.717) is 6.61 Å². The molecule has 0 aromatic carbocycles. The number of aliphatic hydroxyl groups is 3. The van der Waals surface area contributed by atoms with Crippen LogP contribution in [-0.2, 0) is 9.47 Å². The first kappa shape index (κ1) is 28.6. The molecule has 0 bridgehead atoms.